The number of nitrogens with one attached hydrogen (secondary N) is 2. The second-order valence-electron chi connectivity index (χ2n) is 15.2. The Morgan fingerprint density at radius 2 is 1.71 bits per heavy atom. The average molecular weight is 693 g/mol. The van der Waals surface area contributed by atoms with Crippen LogP contribution in [-0.4, -0.2) is 56.1 Å². The molecule has 1 aromatic heterocycles. The molecule has 2 amide bonds. The van der Waals surface area contributed by atoms with Crippen LogP contribution in [0.2, 0.25) is 0 Å². The summed E-state index contributed by atoms with van der Waals surface area (Å²) in [5, 5.41) is 2.79. The Kier molecular flexibility index (Phi) is 10.7. The van der Waals surface area contributed by atoms with Gasteiger partial charge in [0.05, 0.1) is 39.2 Å². The van der Waals surface area contributed by atoms with Crippen molar-refractivity contribution < 1.29 is 27.7 Å². The molecule has 264 valence electrons. The van der Waals surface area contributed by atoms with Crippen LogP contribution in [0.4, 0.5) is 14.9 Å². The van der Waals surface area contributed by atoms with Gasteiger partial charge in [-0.05, 0) is 95.7 Å². The number of aromatic nitrogens is 1. The molecule has 11 heteroatoms. The number of anilines is 1. The first-order chi connectivity index (χ1) is 23.1. The predicted octanol–water partition coefficient (Wildman–Crippen LogP) is 7.20. The van der Waals surface area contributed by atoms with E-state index in [1.165, 1.54) is 11.0 Å². The van der Waals surface area contributed by atoms with Crippen LogP contribution in [0.1, 0.15) is 90.5 Å². The van der Waals surface area contributed by atoms with E-state index in [1.54, 1.807) is 46.2 Å². The van der Waals surface area contributed by atoms with Gasteiger partial charge < -0.3 is 14.8 Å². The van der Waals surface area contributed by atoms with E-state index in [1.807, 2.05) is 69.3 Å². The summed E-state index contributed by atoms with van der Waals surface area (Å²) in [6.07, 6.45) is 4.84. The molecular formula is C38H49FN4O5S. The van der Waals surface area contributed by atoms with Crippen LogP contribution in [-0.2, 0) is 36.4 Å². The van der Waals surface area contributed by atoms with Crippen LogP contribution in [0.3, 0.4) is 0 Å². The molecule has 1 unspecified atom stereocenters. The SMILES string of the molecule is CO[C@]1(c2ccccc2)C[C@H](C(=O)Nc2cc(C(CCC3CC3)(N[S@](=O)C(C)(C)C)c3ccccn3)ccc2F)N(C(=O)OC(C)(C)C)C1. The fourth-order valence-electron chi connectivity index (χ4n) is 6.27. The van der Waals surface area contributed by atoms with Crippen LogP contribution < -0.4 is 10.0 Å². The molecule has 1 aliphatic carbocycles. The zero-order valence-electron chi connectivity index (χ0n) is 29.5. The van der Waals surface area contributed by atoms with Crippen LogP contribution in [0.25, 0.3) is 0 Å². The maximum absolute atomic E-state index is 15.7. The number of amides is 2. The average Bonchev–Trinajstić information content (AvgIpc) is 3.80. The third-order valence-corrected chi connectivity index (χ3v) is 10.9. The van der Waals surface area contributed by atoms with Crippen molar-refractivity contribution in [3.63, 3.8) is 0 Å². The zero-order valence-corrected chi connectivity index (χ0v) is 30.4. The van der Waals surface area contributed by atoms with Gasteiger partial charge in [-0.25, -0.2) is 18.1 Å². The highest BCUT2D eigenvalue weighted by Crippen LogP contribution is 2.43. The Morgan fingerprint density at radius 3 is 2.31 bits per heavy atom. The zero-order chi connectivity index (χ0) is 35.6. The number of hydrogen-bond donors (Lipinski definition) is 2. The number of ether oxygens (including phenoxy) is 2. The van der Waals surface area contributed by atoms with E-state index in [-0.39, 0.29) is 18.7 Å². The lowest BCUT2D eigenvalue weighted by Gasteiger charge is -2.37. The molecule has 2 aliphatic rings. The van der Waals surface area contributed by atoms with Gasteiger partial charge in [0, 0.05) is 19.7 Å². The fraction of sp³-hybridized carbons (Fsp3) is 0.500. The summed E-state index contributed by atoms with van der Waals surface area (Å²) in [6.45, 7) is 11.0. The Hall–Kier alpha value is -3.67. The third-order valence-electron chi connectivity index (χ3n) is 9.21. The van der Waals surface area contributed by atoms with Crippen molar-refractivity contribution in [1.82, 2.24) is 14.6 Å². The monoisotopic (exact) mass is 692 g/mol. The molecule has 2 heterocycles. The molecule has 3 aromatic rings. The molecule has 2 N–H and O–H groups in total. The third kappa shape index (κ3) is 8.38. The van der Waals surface area contributed by atoms with Gasteiger partial charge in [-0.1, -0.05) is 55.3 Å². The number of rotatable bonds is 11. The number of halogens is 1. The van der Waals surface area contributed by atoms with Gasteiger partial charge in [-0.2, -0.15) is 0 Å². The molecule has 1 saturated carbocycles. The van der Waals surface area contributed by atoms with Crippen molar-refractivity contribution in [2.75, 3.05) is 19.0 Å². The summed E-state index contributed by atoms with van der Waals surface area (Å²) in [6, 6.07) is 18.5. The summed E-state index contributed by atoms with van der Waals surface area (Å²) in [7, 11) is 0.0362. The quantitative estimate of drug-likeness (QED) is 0.220. The maximum atomic E-state index is 15.7. The van der Waals surface area contributed by atoms with Gasteiger partial charge in [-0.15, -0.1) is 0 Å². The largest absolute Gasteiger partial charge is 0.444 e. The number of pyridine rings is 1. The molecule has 0 radical (unpaired) electrons. The van der Waals surface area contributed by atoms with Gasteiger partial charge in [0.1, 0.15) is 23.1 Å². The number of carbonyl (C=O) groups is 2. The summed E-state index contributed by atoms with van der Waals surface area (Å²) in [5.74, 6) is -0.669. The second-order valence-corrected chi connectivity index (χ2v) is 17.1. The number of nitrogens with zero attached hydrogens (tertiary/aromatic N) is 2. The van der Waals surface area contributed by atoms with E-state index >= 15 is 4.39 Å². The Morgan fingerprint density at radius 1 is 1.02 bits per heavy atom. The number of hydrogen-bond acceptors (Lipinski definition) is 6. The lowest BCUT2D eigenvalue weighted by molar-refractivity contribution is -0.120. The number of benzene rings is 2. The first-order valence-corrected chi connectivity index (χ1v) is 18.0. The molecule has 2 aromatic carbocycles. The molecule has 0 spiro atoms. The normalized spacial score (nSPS) is 21.6. The second kappa shape index (κ2) is 14.3. The van der Waals surface area contributed by atoms with E-state index in [4.69, 9.17) is 14.5 Å². The molecule has 2 fully saturated rings. The molecule has 0 bridgehead atoms. The first kappa shape index (κ1) is 36.6. The van der Waals surface area contributed by atoms with Crippen molar-refractivity contribution in [3.05, 3.63) is 95.6 Å². The van der Waals surface area contributed by atoms with Crippen molar-refractivity contribution in [1.29, 1.82) is 0 Å². The highest BCUT2D eigenvalue weighted by atomic mass is 32.2. The van der Waals surface area contributed by atoms with E-state index in [9.17, 15) is 13.8 Å². The summed E-state index contributed by atoms with van der Waals surface area (Å²) in [4.78, 5) is 33.8. The Labute approximate surface area is 292 Å². The van der Waals surface area contributed by atoms with Crippen molar-refractivity contribution in [2.45, 2.75) is 101 Å². The van der Waals surface area contributed by atoms with Crippen molar-refractivity contribution in [2.24, 2.45) is 5.92 Å². The van der Waals surface area contributed by atoms with E-state index < -0.39 is 56.3 Å². The van der Waals surface area contributed by atoms with Gasteiger partial charge in [0.15, 0.2) is 0 Å². The van der Waals surface area contributed by atoms with Crippen LogP contribution in [0.5, 0.6) is 0 Å². The predicted molar refractivity (Wildman–Crippen MR) is 190 cm³/mol. The first-order valence-electron chi connectivity index (χ1n) is 16.9. The number of likely N-dealkylation sites (tertiary alicyclic amines) is 1. The Balaban J connectivity index is 1.54. The number of methoxy groups -OCH3 is 1. The topological polar surface area (TPSA) is 110 Å². The van der Waals surface area contributed by atoms with Crippen LogP contribution >= 0.6 is 0 Å². The smallest absolute Gasteiger partial charge is 0.411 e. The summed E-state index contributed by atoms with van der Waals surface area (Å²) in [5.41, 5.74) is -0.815. The molecule has 1 aliphatic heterocycles. The molecule has 49 heavy (non-hydrogen) atoms. The standard InChI is InChI=1S/C38H49FN4O5S/c1-35(2,3)48-34(45)43-25-37(47-7,27-13-9-8-10-14-27)24-31(43)33(44)41-30-23-28(18-19-29(30)39)38(21-20-26-16-17-26,32-15-11-12-22-40-32)42-49(46)36(4,5)6/h8-15,18-19,22-23,26,31,42H,16-17,20-21,24-25H2,1-7H3,(H,41,44)/t31-,37-,38?,49-/m1/s1. The maximum Gasteiger partial charge on any atom is 0.411 e. The minimum Gasteiger partial charge on any atom is -0.444 e. The summed E-state index contributed by atoms with van der Waals surface area (Å²) < 4.78 is 44.0. The van der Waals surface area contributed by atoms with Crippen molar-refractivity contribution in [3.8, 4) is 0 Å². The van der Waals surface area contributed by atoms with E-state index in [2.05, 4.69) is 10.0 Å². The van der Waals surface area contributed by atoms with Gasteiger partial charge in [0.25, 0.3) is 0 Å². The minimum absolute atomic E-state index is 0.0589. The van der Waals surface area contributed by atoms with E-state index in [0.29, 0.717) is 23.6 Å². The number of carbonyl (C=O) groups excluding carboxylic acids is 2. The molecule has 9 nitrogen and oxygen atoms in total. The van der Waals surface area contributed by atoms with Gasteiger partial charge in [-0.3, -0.25) is 14.7 Å². The van der Waals surface area contributed by atoms with E-state index in [0.717, 1.165) is 24.8 Å². The molecule has 1 saturated heterocycles. The lowest BCUT2D eigenvalue weighted by Crippen LogP contribution is -2.49. The minimum atomic E-state index is -1.52. The fourth-order valence-corrected chi connectivity index (χ4v) is 7.22. The highest BCUT2D eigenvalue weighted by molar-refractivity contribution is 7.84. The molecular weight excluding hydrogens is 644 g/mol. The summed E-state index contributed by atoms with van der Waals surface area (Å²) >= 11 is 0. The highest BCUT2D eigenvalue weighted by Gasteiger charge is 2.51. The van der Waals surface area contributed by atoms with Gasteiger partial charge in [0.2, 0.25) is 5.91 Å². The molecule has 4 atom stereocenters. The molecule has 5 rings (SSSR count). The van der Waals surface area contributed by atoms with Crippen LogP contribution in [0, 0.1) is 11.7 Å². The lowest BCUT2D eigenvalue weighted by atomic mass is 9.82. The van der Waals surface area contributed by atoms with Crippen molar-refractivity contribution >= 4 is 28.7 Å². The van der Waals surface area contributed by atoms with Gasteiger partial charge >= 0.3 is 6.09 Å². The Bertz CT molecular complexity index is 1660. The van der Waals surface area contributed by atoms with Crippen LogP contribution in [0.15, 0.2) is 72.9 Å².